The molecule has 0 aromatic carbocycles. The Kier molecular flexibility index (Phi) is 3.66. The highest BCUT2D eigenvalue weighted by Gasteiger charge is 2.03. The third-order valence-electron chi connectivity index (χ3n) is 2.11. The Hall–Kier alpha value is -0.810. The summed E-state index contributed by atoms with van der Waals surface area (Å²) < 4.78 is 8.64. The lowest BCUT2D eigenvalue weighted by Gasteiger charge is -2.03. The van der Waals surface area contributed by atoms with Gasteiger partial charge in [-0.25, -0.2) is 0 Å². The second kappa shape index (κ2) is 5.01. The predicted octanol–water partition coefficient (Wildman–Crippen LogP) is 3.87. The van der Waals surface area contributed by atoms with Crippen LogP contribution < -0.4 is 4.74 Å². The molecule has 0 saturated carbocycles. The second-order valence-electron chi connectivity index (χ2n) is 3.77. The minimum atomic E-state index is 0.369. The van der Waals surface area contributed by atoms with Gasteiger partial charge >= 0.3 is 0 Å². The van der Waals surface area contributed by atoms with Gasteiger partial charge in [-0.2, -0.15) is 5.10 Å². The molecule has 0 aliphatic heterocycles. The van der Waals surface area contributed by atoms with Gasteiger partial charge in [0.25, 0.3) is 0 Å². The SMILES string of the molecule is CC(C)n1cc(OCc2cc(Br)cs2)cn1. The minimum Gasteiger partial charge on any atom is -0.485 e. The summed E-state index contributed by atoms with van der Waals surface area (Å²) in [6.45, 7) is 4.78. The van der Waals surface area contributed by atoms with Crippen LogP contribution in [0.1, 0.15) is 24.8 Å². The van der Waals surface area contributed by atoms with E-state index in [4.69, 9.17) is 4.74 Å². The van der Waals surface area contributed by atoms with Crippen LogP contribution in [0.15, 0.2) is 28.3 Å². The van der Waals surface area contributed by atoms with Gasteiger partial charge in [-0.3, -0.25) is 4.68 Å². The molecule has 86 valence electrons. The molecular formula is C11H13BrN2OS. The standard InChI is InChI=1S/C11H13BrN2OS/c1-8(2)14-5-10(4-13-14)15-6-11-3-9(12)7-16-11/h3-5,7-8H,6H2,1-2H3. The van der Waals surface area contributed by atoms with Crippen LogP contribution in [0.3, 0.4) is 0 Å². The summed E-state index contributed by atoms with van der Waals surface area (Å²) >= 11 is 5.10. The number of halogens is 1. The first-order chi connectivity index (χ1) is 7.65. The van der Waals surface area contributed by atoms with E-state index in [1.807, 2.05) is 10.9 Å². The first kappa shape index (κ1) is 11.7. The Morgan fingerprint density at radius 2 is 2.38 bits per heavy atom. The molecule has 0 radical (unpaired) electrons. The molecule has 0 atom stereocenters. The van der Waals surface area contributed by atoms with Crippen LogP contribution in [-0.2, 0) is 6.61 Å². The fourth-order valence-electron chi connectivity index (χ4n) is 1.26. The van der Waals surface area contributed by atoms with E-state index in [1.54, 1.807) is 17.5 Å². The van der Waals surface area contributed by atoms with Gasteiger partial charge < -0.3 is 4.74 Å². The number of hydrogen-bond donors (Lipinski definition) is 0. The molecule has 2 aromatic heterocycles. The van der Waals surface area contributed by atoms with E-state index in [-0.39, 0.29) is 0 Å². The van der Waals surface area contributed by atoms with E-state index in [0.717, 1.165) is 10.2 Å². The fourth-order valence-corrected chi connectivity index (χ4v) is 2.62. The lowest BCUT2D eigenvalue weighted by atomic mass is 10.4. The van der Waals surface area contributed by atoms with Gasteiger partial charge in [0.2, 0.25) is 0 Å². The molecule has 2 heterocycles. The molecule has 0 N–H and O–H groups in total. The number of hydrogen-bond acceptors (Lipinski definition) is 3. The summed E-state index contributed by atoms with van der Waals surface area (Å²) in [4.78, 5) is 1.20. The van der Waals surface area contributed by atoms with E-state index in [9.17, 15) is 0 Å². The van der Waals surface area contributed by atoms with Crippen LogP contribution >= 0.6 is 27.3 Å². The first-order valence-electron chi connectivity index (χ1n) is 5.05. The molecule has 2 rings (SSSR count). The maximum absolute atomic E-state index is 5.64. The summed E-state index contributed by atoms with van der Waals surface area (Å²) in [5.41, 5.74) is 0. The van der Waals surface area contributed by atoms with Crippen LogP contribution in [0, 0.1) is 0 Å². The molecule has 0 unspecified atom stereocenters. The van der Waals surface area contributed by atoms with E-state index in [1.165, 1.54) is 4.88 Å². The third kappa shape index (κ3) is 2.86. The second-order valence-corrected chi connectivity index (χ2v) is 5.68. The normalized spacial score (nSPS) is 11.0. The number of aromatic nitrogens is 2. The van der Waals surface area contributed by atoms with Crippen LogP contribution in [-0.4, -0.2) is 9.78 Å². The average molecular weight is 301 g/mol. The lowest BCUT2D eigenvalue weighted by molar-refractivity contribution is 0.309. The molecule has 16 heavy (non-hydrogen) atoms. The molecule has 2 aromatic rings. The van der Waals surface area contributed by atoms with E-state index in [0.29, 0.717) is 12.6 Å². The number of nitrogens with zero attached hydrogens (tertiary/aromatic N) is 2. The Morgan fingerprint density at radius 3 is 2.94 bits per heavy atom. The van der Waals surface area contributed by atoms with Crippen LogP contribution in [0.5, 0.6) is 5.75 Å². The molecule has 0 aliphatic rings. The Bertz CT molecular complexity index is 464. The van der Waals surface area contributed by atoms with Crippen molar-refractivity contribution < 1.29 is 4.74 Å². The maximum Gasteiger partial charge on any atom is 0.157 e. The van der Waals surface area contributed by atoms with Crippen LogP contribution in [0.4, 0.5) is 0 Å². The molecule has 0 fully saturated rings. The fraction of sp³-hybridized carbons (Fsp3) is 0.364. The van der Waals surface area contributed by atoms with Crippen molar-refractivity contribution in [1.29, 1.82) is 0 Å². The largest absolute Gasteiger partial charge is 0.485 e. The molecule has 0 aliphatic carbocycles. The zero-order valence-corrected chi connectivity index (χ0v) is 11.6. The summed E-state index contributed by atoms with van der Waals surface area (Å²) in [5.74, 6) is 0.818. The van der Waals surface area contributed by atoms with E-state index < -0.39 is 0 Å². The summed E-state index contributed by atoms with van der Waals surface area (Å²) in [6, 6.07) is 2.44. The van der Waals surface area contributed by atoms with Gasteiger partial charge in [0.1, 0.15) is 6.61 Å². The van der Waals surface area contributed by atoms with Crippen molar-refractivity contribution in [2.45, 2.75) is 26.5 Å². The van der Waals surface area contributed by atoms with Crippen LogP contribution in [0.2, 0.25) is 0 Å². The summed E-state index contributed by atoms with van der Waals surface area (Å²) in [5, 5.41) is 6.27. The molecular weight excluding hydrogens is 288 g/mol. The average Bonchev–Trinajstić information content (AvgIpc) is 2.83. The van der Waals surface area contributed by atoms with Crippen molar-refractivity contribution >= 4 is 27.3 Å². The quantitative estimate of drug-likeness (QED) is 0.857. The number of rotatable bonds is 4. The smallest absolute Gasteiger partial charge is 0.157 e. The zero-order valence-electron chi connectivity index (χ0n) is 9.18. The van der Waals surface area contributed by atoms with Crippen molar-refractivity contribution in [2.24, 2.45) is 0 Å². The van der Waals surface area contributed by atoms with E-state index in [2.05, 4.69) is 46.3 Å². The highest BCUT2D eigenvalue weighted by Crippen LogP contribution is 2.21. The van der Waals surface area contributed by atoms with Gasteiger partial charge in [-0.1, -0.05) is 0 Å². The van der Waals surface area contributed by atoms with Gasteiger partial charge in [0.05, 0.1) is 12.4 Å². The number of ether oxygens (including phenoxy) is 1. The molecule has 0 spiro atoms. The van der Waals surface area contributed by atoms with Gasteiger partial charge in [0, 0.05) is 20.8 Å². The number of thiophene rings is 1. The maximum atomic E-state index is 5.64. The molecule has 5 heteroatoms. The molecule has 0 amide bonds. The monoisotopic (exact) mass is 300 g/mol. The van der Waals surface area contributed by atoms with Crippen molar-refractivity contribution in [3.05, 3.63) is 33.2 Å². The minimum absolute atomic E-state index is 0.369. The van der Waals surface area contributed by atoms with Crippen molar-refractivity contribution in [1.82, 2.24) is 9.78 Å². The molecule has 3 nitrogen and oxygen atoms in total. The van der Waals surface area contributed by atoms with E-state index >= 15 is 0 Å². The summed E-state index contributed by atoms with van der Waals surface area (Å²) in [7, 11) is 0. The lowest BCUT2D eigenvalue weighted by Crippen LogP contribution is -1.99. The molecule has 0 bridgehead atoms. The van der Waals surface area contributed by atoms with Crippen molar-refractivity contribution in [3.63, 3.8) is 0 Å². The molecule has 0 saturated heterocycles. The highest BCUT2D eigenvalue weighted by atomic mass is 79.9. The first-order valence-corrected chi connectivity index (χ1v) is 6.72. The van der Waals surface area contributed by atoms with Gasteiger partial charge in [0.15, 0.2) is 5.75 Å². The topological polar surface area (TPSA) is 27.1 Å². The van der Waals surface area contributed by atoms with Crippen LogP contribution in [0.25, 0.3) is 0 Å². The summed E-state index contributed by atoms with van der Waals surface area (Å²) in [6.07, 6.45) is 3.68. The third-order valence-corrected chi connectivity index (χ3v) is 3.78. The van der Waals surface area contributed by atoms with Gasteiger partial charge in [-0.15, -0.1) is 11.3 Å². The predicted molar refractivity (Wildman–Crippen MR) is 69.0 cm³/mol. The Labute approximate surface area is 107 Å². The highest BCUT2D eigenvalue weighted by molar-refractivity contribution is 9.10. The Morgan fingerprint density at radius 1 is 1.56 bits per heavy atom. The van der Waals surface area contributed by atoms with Gasteiger partial charge in [-0.05, 0) is 35.8 Å². The van der Waals surface area contributed by atoms with Crippen molar-refractivity contribution in [3.8, 4) is 5.75 Å². The Balaban J connectivity index is 1.94. The van der Waals surface area contributed by atoms with Crippen molar-refractivity contribution in [2.75, 3.05) is 0 Å². The zero-order chi connectivity index (χ0) is 11.5.